The molecule has 3 amide bonds. The number of amides is 3. The van der Waals surface area contributed by atoms with Crippen LogP contribution in [-0.2, 0) is 9.53 Å². The van der Waals surface area contributed by atoms with Gasteiger partial charge in [0.1, 0.15) is 17.5 Å². The van der Waals surface area contributed by atoms with Gasteiger partial charge in [0.25, 0.3) is 11.8 Å². The molecule has 1 fully saturated rings. The maximum Gasteiger partial charge on any atom is 0.252 e. The number of hydrogen-bond acceptors (Lipinski definition) is 10. The number of carbonyl (C=O) groups excluding carboxylic acids is 3. The minimum atomic E-state index is -0.509. The number of nitrogens with zero attached hydrogens (tertiary/aromatic N) is 2. The number of rotatable bonds is 11. The van der Waals surface area contributed by atoms with Gasteiger partial charge in [-0.3, -0.25) is 14.4 Å². The van der Waals surface area contributed by atoms with Gasteiger partial charge in [0, 0.05) is 72.7 Å². The fourth-order valence-electron chi connectivity index (χ4n) is 7.51. The Kier molecular flexibility index (Phi) is 14.7. The molecule has 3 aliphatic rings. The third-order valence-electron chi connectivity index (χ3n) is 10.9. The van der Waals surface area contributed by atoms with Gasteiger partial charge in [-0.1, -0.05) is 59.9 Å². The molecular weight excluding hydrogens is 855 g/mol. The molecule has 1 unspecified atom stereocenters. The second-order valence-corrected chi connectivity index (χ2v) is 17.4. The number of hydrogen-bond donors (Lipinski definition) is 3. The van der Waals surface area contributed by atoms with Gasteiger partial charge in [-0.25, -0.2) is 9.98 Å². The maximum absolute atomic E-state index is 13.0. The quantitative estimate of drug-likeness (QED) is 0.109. The van der Waals surface area contributed by atoms with Crippen molar-refractivity contribution in [3.63, 3.8) is 0 Å². The first kappa shape index (κ1) is 44.9. The van der Waals surface area contributed by atoms with E-state index in [-0.39, 0.29) is 17.7 Å². The monoisotopic (exact) mass is 903 g/mol. The first-order valence-corrected chi connectivity index (χ1v) is 23.2. The Morgan fingerprint density at radius 2 is 1.18 bits per heavy atom. The zero-order chi connectivity index (χ0) is 45.1. The molecule has 0 radical (unpaired) electrons. The molecule has 0 spiro atoms. The van der Waals surface area contributed by atoms with Gasteiger partial charge in [-0.2, -0.15) is 0 Å². The predicted molar refractivity (Wildman–Crippen MR) is 258 cm³/mol. The summed E-state index contributed by atoms with van der Waals surface area (Å²) in [6.45, 7) is 4.20. The fraction of sp³-hybridized carbons (Fsp3) is 0.212. The van der Waals surface area contributed by atoms with E-state index in [1.54, 1.807) is 43.8 Å². The van der Waals surface area contributed by atoms with Crippen LogP contribution in [0.15, 0.2) is 163 Å². The Morgan fingerprint density at radius 1 is 0.662 bits per heavy atom. The van der Waals surface area contributed by atoms with Gasteiger partial charge in [0.2, 0.25) is 5.91 Å². The van der Waals surface area contributed by atoms with E-state index in [0.717, 1.165) is 89.0 Å². The number of carbonyl (C=O) groups is 3. The number of nitrogens with one attached hydrogen (secondary N) is 3. The second kappa shape index (κ2) is 21.3. The van der Waals surface area contributed by atoms with E-state index >= 15 is 0 Å². The van der Waals surface area contributed by atoms with Gasteiger partial charge in [0.15, 0.2) is 0 Å². The van der Waals surface area contributed by atoms with Crippen molar-refractivity contribution in [2.24, 2.45) is 9.98 Å². The molecule has 0 saturated carbocycles. The van der Waals surface area contributed by atoms with E-state index in [2.05, 4.69) is 40.2 Å². The number of fused-ring (bicyclic) bond motifs is 4. The molecule has 0 bridgehead atoms. The second-order valence-electron chi connectivity index (χ2n) is 15.2. The molecular formula is C52H49N5O6S2. The summed E-state index contributed by atoms with van der Waals surface area (Å²) < 4.78 is 15.9. The molecule has 0 aliphatic carbocycles. The summed E-state index contributed by atoms with van der Waals surface area (Å²) in [6, 6.07) is 42.8. The average molecular weight is 904 g/mol. The van der Waals surface area contributed by atoms with E-state index in [4.69, 9.17) is 24.2 Å². The number of benzene rings is 6. The van der Waals surface area contributed by atoms with Gasteiger partial charge >= 0.3 is 0 Å². The van der Waals surface area contributed by atoms with Crippen LogP contribution in [0.3, 0.4) is 0 Å². The molecule has 0 aromatic heterocycles. The highest BCUT2D eigenvalue weighted by Crippen LogP contribution is 2.43. The highest BCUT2D eigenvalue weighted by atomic mass is 32.2. The summed E-state index contributed by atoms with van der Waals surface area (Å²) in [4.78, 5) is 52.1. The smallest absolute Gasteiger partial charge is 0.252 e. The molecule has 6 aromatic rings. The minimum absolute atomic E-state index is 0.119. The molecule has 3 N–H and O–H groups in total. The molecule has 65 heavy (non-hydrogen) atoms. The van der Waals surface area contributed by atoms with Crippen molar-refractivity contribution in [1.82, 2.24) is 16.0 Å². The standard InChI is InChI=1S/C27H25N3O3S.C25H24N2O3S/c1-33-19-12-9-17(10-13-19)25-20-6-2-3-8-23(20)34-24-14-11-18(16-22(24)29-25)26(31)30-21-7-4-5-15-28-27(21)32;1-3-30-15-14-26-25(28)18-10-13-23-21(16-18)27-24(17-8-11-19(29-2)12-9-17)20-6-4-5-7-22(20)31-23/h2-3,6,8-14,16,21H,4-5,7,15H2,1H3,(H,28,32)(H,30,31);4-13,16H,3,14-15H2,1-2H3,(H,26,28). The number of ether oxygens (including phenoxy) is 3. The van der Waals surface area contributed by atoms with Crippen LogP contribution in [0.4, 0.5) is 11.4 Å². The third kappa shape index (κ3) is 10.8. The van der Waals surface area contributed by atoms with Gasteiger partial charge < -0.3 is 30.2 Å². The van der Waals surface area contributed by atoms with Crippen LogP contribution < -0.4 is 25.4 Å². The summed E-state index contributed by atoms with van der Waals surface area (Å²) in [7, 11) is 3.30. The van der Waals surface area contributed by atoms with Crippen molar-refractivity contribution < 1.29 is 28.6 Å². The number of aliphatic imine (C=N–C) groups is 2. The zero-order valence-electron chi connectivity index (χ0n) is 36.4. The molecule has 9 rings (SSSR count). The summed E-state index contributed by atoms with van der Waals surface area (Å²) in [6.07, 6.45) is 2.48. The van der Waals surface area contributed by atoms with Crippen molar-refractivity contribution in [3.05, 3.63) is 167 Å². The largest absolute Gasteiger partial charge is 0.497 e. The zero-order valence-corrected chi connectivity index (χ0v) is 38.0. The van der Waals surface area contributed by atoms with Crippen LogP contribution in [0, 0.1) is 0 Å². The predicted octanol–water partition coefficient (Wildman–Crippen LogP) is 9.82. The third-order valence-corrected chi connectivity index (χ3v) is 13.2. The van der Waals surface area contributed by atoms with Gasteiger partial charge in [-0.15, -0.1) is 0 Å². The Bertz CT molecular complexity index is 2760. The van der Waals surface area contributed by atoms with E-state index < -0.39 is 6.04 Å². The lowest BCUT2D eigenvalue weighted by Gasteiger charge is -2.15. The molecule has 1 saturated heterocycles. The normalized spacial score (nSPS) is 14.9. The molecule has 11 nitrogen and oxygen atoms in total. The van der Waals surface area contributed by atoms with Crippen LogP contribution >= 0.6 is 23.5 Å². The van der Waals surface area contributed by atoms with E-state index in [1.807, 2.05) is 110 Å². The SMILES string of the molecule is CCOCCNC(=O)c1ccc2c(c1)N=C(c1ccc(OC)cc1)c1ccccc1S2.COc1ccc(C2=Nc3cc(C(=O)NC4CCCCNC4=O)ccc3Sc3ccccc32)cc1. The summed E-state index contributed by atoms with van der Waals surface area (Å²) in [5.41, 5.74) is 8.35. The van der Waals surface area contributed by atoms with Crippen molar-refractivity contribution in [3.8, 4) is 11.5 Å². The molecule has 3 heterocycles. The van der Waals surface area contributed by atoms with Crippen molar-refractivity contribution in [1.29, 1.82) is 0 Å². The lowest BCUT2D eigenvalue weighted by Crippen LogP contribution is -2.45. The Balaban J connectivity index is 0.000000178. The van der Waals surface area contributed by atoms with Gasteiger partial charge in [-0.05, 0) is 123 Å². The van der Waals surface area contributed by atoms with Crippen molar-refractivity contribution in [2.45, 2.75) is 51.8 Å². The fourth-order valence-corrected chi connectivity index (χ4v) is 9.51. The Labute approximate surface area is 387 Å². The first-order valence-electron chi connectivity index (χ1n) is 21.5. The summed E-state index contributed by atoms with van der Waals surface area (Å²) in [5.74, 6) is 1.06. The van der Waals surface area contributed by atoms with Crippen molar-refractivity contribution in [2.75, 3.05) is 40.5 Å². The van der Waals surface area contributed by atoms with Crippen LogP contribution in [-0.4, -0.2) is 75.7 Å². The van der Waals surface area contributed by atoms with Gasteiger partial charge in [0.05, 0.1) is 43.6 Å². The van der Waals surface area contributed by atoms with E-state index in [0.29, 0.717) is 43.9 Å². The highest BCUT2D eigenvalue weighted by Gasteiger charge is 2.25. The van der Waals surface area contributed by atoms with Crippen LogP contribution in [0.2, 0.25) is 0 Å². The van der Waals surface area contributed by atoms with Crippen LogP contribution in [0.5, 0.6) is 11.5 Å². The van der Waals surface area contributed by atoms with Crippen LogP contribution in [0.1, 0.15) is 69.2 Å². The molecule has 13 heteroatoms. The minimum Gasteiger partial charge on any atom is -0.497 e. The molecule has 330 valence electrons. The average Bonchev–Trinajstić information content (AvgIpc) is 3.73. The summed E-state index contributed by atoms with van der Waals surface area (Å²) >= 11 is 3.30. The van der Waals surface area contributed by atoms with E-state index in [1.165, 1.54) is 0 Å². The number of methoxy groups -OCH3 is 2. The maximum atomic E-state index is 13.0. The lowest BCUT2D eigenvalue weighted by molar-refractivity contribution is -0.122. The molecule has 3 aliphatic heterocycles. The Hall–Kier alpha value is -6.67. The van der Waals surface area contributed by atoms with E-state index in [9.17, 15) is 14.4 Å². The molecule has 1 atom stereocenters. The molecule has 6 aromatic carbocycles. The van der Waals surface area contributed by atoms with Crippen LogP contribution in [0.25, 0.3) is 0 Å². The van der Waals surface area contributed by atoms with Crippen molar-refractivity contribution >= 4 is 64.0 Å². The summed E-state index contributed by atoms with van der Waals surface area (Å²) in [5, 5.41) is 8.66. The Morgan fingerprint density at radius 3 is 1.71 bits per heavy atom. The first-order chi connectivity index (χ1) is 31.8. The highest BCUT2D eigenvalue weighted by molar-refractivity contribution is 7.99. The topological polar surface area (TPSA) is 140 Å². The lowest BCUT2D eigenvalue weighted by atomic mass is 10.0.